The molecule has 2 N–H and O–H groups in total. The lowest BCUT2D eigenvalue weighted by Crippen LogP contribution is -2.14. The van der Waals surface area contributed by atoms with Crippen LogP contribution >= 0.6 is 0 Å². The minimum Gasteiger partial charge on any atom is -0.465 e. The van der Waals surface area contributed by atoms with Crippen molar-refractivity contribution in [1.82, 2.24) is 4.98 Å². The van der Waals surface area contributed by atoms with Crippen molar-refractivity contribution in [2.24, 2.45) is 0 Å². The van der Waals surface area contributed by atoms with Gasteiger partial charge in [0, 0.05) is 17.4 Å². The zero-order valence-corrected chi connectivity index (χ0v) is 12.9. The van der Waals surface area contributed by atoms with Gasteiger partial charge in [0.1, 0.15) is 5.69 Å². The summed E-state index contributed by atoms with van der Waals surface area (Å²) in [6.07, 6.45) is 0.504. The number of rotatable bonds is 4. The first-order chi connectivity index (χ1) is 10.9. The summed E-state index contributed by atoms with van der Waals surface area (Å²) >= 11 is 0. The molecule has 122 valence electrons. The van der Waals surface area contributed by atoms with E-state index in [1.165, 1.54) is 13.2 Å². The summed E-state index contributed by atoms with van der Waals surface area (Å²) in [5.74, 6) is -3.16. The molecule has 7 heteroatoms. The second-order valence-electron chi connectivity index (χ2n) is 4.91. The quantitative estimate of drug-likeness (QED) is 0.849. The van der Waals surface area contributed by atoms with Gasteiger partial charge >= 0.3 is 5.97 Å². The minimum atomic E-state index is -1.06. The van der Waals surface area contributed by atoms with E-state index in [0.29, 0.717) is 23.2 Å². The Bertz CT molecular complexity index is 769. The van der Waals surface area contributed by atoms with Crippen LogP contribution in [0.5, 0.6) is 0 Å². The van der Waals surface area contributed by atoms with Crippen molar-refractivity contribution in [1.29, 1.82) is 0 Å². The zero-order chi connectivity index (χ0) is 17.1. The van der Waals surface area contributed by atoms with E-state index in [4.69, 9.17) is 4.74 Å². The van der Waals surface area contributed by atoms with Gasteiger partial charge in [-0.15, -0.1) is 0 Å². The van der Waals surface area contributed by atoms with Crippen LogP contribution in [0.4, 0.5) is 14.5 Å². The molecule has 1 heterocycles. The standard InChI is InChI=1S/C16H16F2N2O3/c1-4-12-13(16(22)23-3)8(2)14(20-12)15(21)19-9-5-6-10(17)11(18)7-9/h5-7,20H,4H2,1-3H3,(H,19,21). The fourth-order valence-corrected chi connectivity index (χ4v) is 2.30. The molecule has 5 nitrogen and oxygen atoms in total. The first-order valence-electron chi connectivity index (χ1n) is 6.95. The molecule has 0 radical (unpaired) electrons. The minimum absolute atomic E-state index is 0.112. The molecule has 0 bridgehead atoms. The first kappa shape index (κ1) is 16.7. The third kappa shape index (κ3) is 3.23. The van der Waals surface area contributed by atoms with Gasteiger partial charge in [-0.05, 0) is 31.0 Å². The third-order valence-corrected chi connectivity index (χ3v) is 3.48. The van der Waals surface area contributed by atoms with Crippen molar-refractivity contribution in [2.45, 2.75) is 20.3 Å². The highest BCUT2D eigenvalue weighted by Crippen LogP contribution is 2.22. The van der Waals surface area contributed by atoms with Gasteiger partial charge in [0.2, 0.25) is 0 Å². The molecule has 0 aliphatic carbocycles. The topological polar surface area (TPSA) is 71.2 Å². The molecule has 1 aromatic heterocycles. The average Bonchev–Trinajstić information content (AvgIpc) is 2.87. The highest BCUT2D eigenvalue weighted by atomic mass is 19.2. The van der Waals surface area contributed by atoms with Crippen molar-refractivity contribution in [3.05, 3.63) is 52.3 Å². The van der Waals surface area contributed by atoms with Crippen molar-refractivity contribution >= 4 is 17.6 Å². The Morgan fingerprint density at radius 3 is 2.52 bits per heavy atom. The molecule has 0 spiro atoms. The summed E-state index contributed by atoms with van der Waals surface area (Å²) in [7, 11) is 1.26. The van der Waals surface area contributed by atoms with Gasteiger partial charge in [0.15, 0.2) is 11.6 Å². The van der Waals surface area contributed by atoms with E-state index in [-0.39, 0.29) is 11.4 Å². The maximum Gasteiger partial charge on any atom is 0.339 e. The Kier molecular flexibility index (Phi) is 4.78. The number of hydrogen-bond donors (Lipinski definition) is 2. The number of ether oxygens (including phenoxy) is 1. The number of nitrogens with one attached hydrogen (secondary N) is 2. The maximum atomic E-state index is 13.2. The van der Waals surface area contributed by atoms with E-state index < -0.39 is 23.5 Å². The number of benzene rings is 1. The average molecular weight is 322 g/mol. The Hall–Kier alpha value is -2.70. The number of aromatic nitrogens is 1. The van der Waals surface area contributed by atoms with Crippen LogP contribution in [0.25, 0.3) is 0 Å². The Morgan fingerprint density at radius 1 is 1.26 bits per heavy atom. The van der Waals surface area contributed by atoms with Gasteiger partial charge < -0.3 is 15.0 Å². The largest absolute Gasteiger partial charge is 0.465 e. The molecule has 0 fully saturated rings. The van der Waals surface area contributed by atoms with Crippen LogP contribution in [0.1, 0.15) is 39.0 Å². The highest BCUT2D eigenvalue weighted by molar-refractivity contribution is 6.06. The summed E-state index contributed by atoms with van der Waals surface area (Å²) < 4.78 is 30.8. The number of esters is 1. The fraction of sp³-hybridized carbons (Fsp3) is 0.250. The molecule has 0 saturated carbocycles. The van der Waals surface area contributed by atoms with E-state index in [2.05, 4.69) is 10.3 Å². The second kappa shape index (κ2) is 6.60. The van der Waals surface area contributed by atoms with Crippen LogP contribution in [0, 0.1) is 18.6 Å². The molecule has 0 aliphatic heterocycles. The van der Waals surface area contributed by atoms with Gasteiger partial charge in [0.25, 0.3) is 5.91 Å². The summed E-state index contributed by atoms with van der Waals surface area (Å²) in [4.78, 5) is 27.0. The van der Waals surface area contributed by atoms with Gasteiger partial charge in [-0.25, -0.2) is 13.6 Å². The SMILES string of the molecule is CCc1[nH]c(C(=O)Nc2ccc(F)c(F)c2)c(C)c1C(=O)OC. The Balaban J connectivity index is 2.34. The predicted molar refractivity (Wildman–Crippen MR) is 80.6 cm³/mol. The summed E-state index contributed by atoms with van der Waals surface area (Å²) in [6, 6.07) is 3.05. The summed E-state index contributed by atoms with van der Waals surface area (Å²) in [5.41, 5.74) is 1.61. The van der Waals surface area contributed by atoms with Crippen molar-refractivity contribution in [3.8, 4) is 0 Å². The Labute approximate surface area is 131 Å². The molecular weight excluding hydrogens is 306 g/mol. The highest BCUT2D eigenvalue weighted by Gasteiger charge is 2.23. The lowest BCUT2D eigenvalue weighted by Gasteiger charge is -2.05. The number of halogens is 2. The van der Waals surface area contributed by atoms with Crippen LogP contribution in [-0.4, -0.2) is 24.0 Å². The molecular formula is C16H16F2N2O3. The first-order valence-corrected chi connectivity index (χ1v) is 6.95. The van der Waals surface area contributed by atoms with Crippen molar-refractivity contribution < 1.29 is 23.1 Å². The normalized spacial score (nSPS) is 10.5. The van der Waals surface area contributed by atoms with E-state index in [9.17, 15) is 18.4 Å². The number of amides is 1. The smallest absolute Gasteiger partial charge is 0.339 e. The van der Waals surface area contributed by atoms with Crippen LogP contribution in [0.2, 0.25) is 0 Å². The van der Waals surface area contributed by atoms with E-state index in [0.717, 1.165) is 12.1 Å². The van der Waals surface area contributed by atoms with E-state index in [1.807, 2.05) is 6.92 Å². The molecule has 0 aliphatic rings. The molecule has 1 amide bonds. The number of methoxy groups -OCH3 is 1. The van der Waals surface area contributed by atoms with Gasteiger partial charge in [-0.2, -0.15) is 0 Å². The lowest BCUT2D eigenvalue weighted by atomic mass is 10.1. The lowest BCUT2D eigenvalue weighted by molar-refractivity contribution is 0.0599. The summed E-state index contributed by atoms with van der Waals surface area (Å²) in [6.45, 7) is 3.44. The van der Waals surface area contributed by atoms with Gasteiger partial charge in [0.05, 0.1) is 12.7 Å². The summed E-state index contributed by atoms with van der Waals surface area (Å²) in [5, 5.41) is 2.46. The maximum absolute atomic E-state index is 13.2. The number of H-pyrrole nitrogens is 1. The fourth-order valence-electron chi connectivity index (χ4n) is 2.30. The predicted octanol–water partition coefficient (Wildman–Crippen LogP) is 3.20. The number of carbonyl (C=O) groups is 2. The van der Waals surface area contributed by atoms with Crippen molar-refractivity contribution in [2.75, 3.05) is 12.4 Å². The van der Waals surface area contributed by atoms with Crippen LogP contribution in [-0.2, 0) is 11.2 Å². The molecule has 2 rings (SSSR count). The number of anilines is 1. The number of carbonyl (C=O) groups excluding carboxylic acids is 2. The molecule has 23 heavy (non-hydrogen) atoms. The molecule has 2 aromatic rings. The number of hydrogen-bond acceptors (Lipinski definition) is 3. The van der Waals surface area contributed by atoms with Crippen LogP contribution < -0.4 is 5.32 Å². The van der Waals surface area contributed by atoms with Gasteiger partial charge in [-0.3, -0.25) is 4.79 Å². The molecule has 0 unspecified atom stereocenters. The Morgan fingerprint density at radius 2 is 1.96 bits per heavy atom. The molecule has 0 atom stereocenters. The van der Waals surface area contributed by atoms with E-state index in [1.54, 1.807) is 6.92 Å². The van der Waals surface area contributed by atoms with Crippen LogP contribution in [0.3, 0.4) is 0 Å². The van der Waals surface area contributed by atoms with Gasteiger partial charge in [-0.1, -0.05) is 6.92 Å². The second-order valence-corrected chi connectivity index (χ2v) is 4.91. The zero-order valence-electron chi connectivity index (χ0n) is 12.9. The van der Waals surface area contributed by atoms with Crippen LogP contribution in [0.15, 0.2) is 18.2 Å². The van der Waals surface area contributed by atoms with E-state index >= 15 is 0 Å². The molecule has 0 saturated heterocycles. The number of aryl methyl sites for hydroxylation is 1. The third-order valence-electron chi connectivity index (χ3n) is 3.48. The monoisotopic (exact) mass is 322 g/mol. The van der Waals surface area contributed by atoms with Crippen molar-refractivity contribution in [3.63, 3.8) is 0 Å². The number of aromatic amines is 1. The molecule has 1 aromatic carbocycles.